The van der Waals surface area contributed by atoms with Gasteiger partial charge in [-0.3, -0.25) is 9.59 Å². The number of anilines is 1. The van der Waals surface area contributed by atoms with E-state index in [0.717, 1.165) is 4.47 Å². The van der Waals surface area contributed by atoms with Crippen molar-refractivity contribution in [2.45, 2.75) is 0 Å². The molecule has 0 aliphatic rings. The monoisotopic (exact) mass is 429 g/mol. The summed E-state index contributed by atoms with van der Waals surface area (Å²) in [5.41, 5.74) is 2.62. The van der Waals surface area contributed by atoms with Crippen LogP contribution in [-0.4, -0.2) is 23.1 Å². The molecule has 2 aromatic rings. The van der Waals surface area contributed by atoms with E-state index in [0.29, 0.717) is 5.56 Å². The van der Waals surface area contributed by atoms with E-state index in [4.69, 9.17) is 23.2 Å². The number of halogens is 3. The van der Waals surface area contributed by atoms with Crippen LogP contribution in [0.2, 0.25) is 10.0 Å². The van der Waals surface area contributed by atoms with Gasteiger partial charge in [0, 0.05) is 10.0 Å². The lowest BCUT2D eigenvalue weighted by molar-refractivity contribution is -0.136. The molecule has 3 N–H and O–H groups in total. The summed E-state index contributed by atoms with van der Waals surface area (Å²) in [5.74, 6) is -1.99. The second-order valence-electron chi connectivity index (χ2n) is 4.46. The molecule has 0 fully saturated rings. The van der Waals surface area contributed by atoms with Crippen LogP contribution in [0.25, 0.3) is 0 Å². The Hall–Kier alpha value is -2.09. The van der Waals surface area contributed by atoms with Crippen LogP contribution < -0.4 is 10.7 Å². The van der Waals surface area contributed by atoms with Crippen molar-refractivity contribution < 1.29 is 14.7 Å². The molecule has 2 amide bonds. The van der Waals surface area contributed by atoms with Crippen LogP contribution in [0.5, 0.6) is 5.75 Å². The number of carbonyl (C=O) groups is 2. The average Bonchev–Trinajstić information content (AvgIpc) is 2.54. The van der Waals surface area contributed by atoms with E-state index < -0.39 is 11.8 Å². The van der Waals surface area contributed by atoms with Crippen LogP contribution in [0.1, 0.15) is 5.56 Å². The molecule has 0 aliphatic heterocycles. The van der Waals surface area contributed by atoms with Crippen molar-refractivity contribution in [3.63, 3.8) is 0 Å². The van der Waals surface area contributed by atoms with E-state index in [2.05, 4.69) is 26.3 Å². The number of rotatable bonds is 3. The Kier molecular flexibility index (Phi) is 6.19. The first-order valence-corrected chi connectivity index (χ1v) is 8.00. The summed E-state index contributed by atoms with van der Waals surface area (Å²) in [6, 6.07) is 9.33. The molecule has 6 nitrogen and oxygen atoms in total. The highest BCUT2D eigenvalue weighted by molar-refractivity contribution is 9.10. The molecule has 0 saturated heterocycles. The van der Waals surface area contributed by atoms with Crippen molar-refractivity contribution in [2.24, 2.45) is 5.10 Å². The van der Waals surface area contributed by atoms with Crippen molar-refractivity contribution in [1.82, 2.24) is 5.43 Å². The average molecular weight is 431 g/mol. The maximum atomic E-state index is 11.8. The standard InChI is InChI=1S/C15H10BrCl2N3O3/c16-9-4-5-12(22)8(6-9)7-19-21-15(24)14(23)20-11-3-1-2-10(17)13(11)18/h1-7,22H,(H,20,23)(H,21,24)/b19-7+. The van der Waals surface area contributed by atoms with E-state index in [1.54, 1.807) is 24.3 Å². The number of carbonyl (C=O) groups excluding carboxylic acids is 2. The van der Waals surface area contributed by atoms with Gasteiger partial charge in [-0.05, 0) is 30.3 Å². The highest BCUT2D eigenvalue weighted by Gasteiger charge is 2.15. The fourth-order valence-electron chi connectivity index (χ4n) is 1.62. The molecule has 0 aliphatic carbocycles. The van der Waals surface area contributed by atoms with Crippen molar-refractivity contribution in [3.05, 3.63) is 56.5 Å². The van der Waals surface area contributed by atoms with Gasteiger partial charge >= 0.3 is 11.8 Å². The lowest BCUT2D eigenvalue weighted by Crippen LogP contribution is -2.32. The Morgan fingerprint density at radius 1 is 1.17 bits per heavy atom. The van der Waals surface area contributed by atoms with Crippen LogP contribution in [-0.2, 0) is 9.59 Å². The lowest BCUT2D eigenvalue weighted by Gasteiger charge is -2.07. The van der Waals surface area contributed by atoms with E-state index >= 15 is 0 Å². The maximum Gasteiger partial charge on any atom is 0.329 e. The topological polar surface area (TPSA) is 90.8 Å². The fraction of sp³-hybridized carbons (Fsp3) is 0. The minimum atomic E-state index is -1.00. The minimum Gasteiger partial charge on any atom is -0.507 e. The second kappa shape index (κ2) is 8.14. The van der Waals surface area contributed by atoms with Crippen LogP contribution >= 0.6 is 39.1 Å². The van der Waals surface area contributed by atoms with Gasteiger partial charge in [0.1, 0.15) is 5.75 Å². The summed E-state index contributed by atoms with van der Waals surface area (Å²) < 4.78 is 0.724. The van der Waals surface area contributed by atoms with E-state index in [9.17, 15) is 14.7 Å². The first kappa shape index (κ1) is 18.3. The van der Waals surface area contributed by atoms with Gasteiger partial charge < -0.3 is 10.4 Å². The molecule has 0 radical (unpaired) electrons. The molecule has 2 rings (SSSR count). The Morgan fingerprint density at radius 2 is 1.92 bits per heavy atom. The fourth-order valence-corrected chi connectivity index (χ4v) is 2.35. The summed E-state index contributed by atoms with van der Waals surface area (Å²) in [6.07, 6.45) is 1.21. The van der Waals surface area contributed by atoms with Gasteiger partial charge in [0.15, 0.2) is 0 Å². The van der Waals surface area contributed by atoms with Crippen LogP contribution in [0.15, 0.2) is 46.0 Å². The normalized spacial score (nSPS) is 10.6. The molecule has 0 unspecified atom stereocenters. The summed E-state index contributed by atoms with van der Waals surface area (Å²) in [6.45, 7) is 0. The van der Waals surface area contributed by atoms with E-state index in [1.807, 2.05) is 5.43 Å². The SMILES string of the molecule is O=C(N/N=C/c1cc(Br)ccc1O)C(=O)Nc1cccc(Cl)c1Cl. The zero-order chi connectivity index (χ0) is 17.7. The summed E-state index contributed by atoms with van der Waals surface area (Å²) in [5, 5.41) is 15.9. The van der Waals surface area contributed by atoms with Gasteiger partial charge in [-0.25, -0.2) is 5.43 Å². The smallest absolute Gasteiger partial charge is 0.329 e. The number of phenols is 1. The number of benzene rings is 2. The lowest BCUT2D eigenvalue weighted by atomic mass is 10.2. The molecule has 0 heterocycles. The maximum absolute atomic E-state index is 11.8. The van der Waals surface area contributed by atoms with Crippen LogP contribution in [0.3, 0.4) is 0 Å². The number of hydrogen-bond acceptors (Lipinski definition) is 4. The first-order chi connectivity index (χ1) is 11.4. The minimum absolute atomic E-state index is 0.0219. The predicted molar refractivity (Wildman–Crippen MR) is 96.6 cm³/mol. The van der Waals surface area contributed by atoms with Gasteiger partial charge in [-0.1, -0.05) is 45.2 Å². The zero-order valence-electron chi connectivity index (χ0n) is 11.9. The molecular formula is C15H10BrCl2N3O3. The van der Waals surface area contributed by atoms with Gasteiger partial charge in [0.2, 0.25) is 0 Å². The number of nitrogens with one attached hydrogen (secondary N) is 2. The molecule has 9 heteroatoms. The molecule has 0 saturated carbocycles. The quantitative estimate of drug-likeness (QED) is 0.395. The highest BCUT2D eigenvalue weighted by atomic mass is 79.9. The number of hydrazone groups is 1. The van der Waals surface area contributed by atoms with Crippen molar-refractivity contribution in [2.75, 3.05) is 5.32 Å². The highest BCUT2D eigenvalue weighted by Crippen LogP contribution is 2.29. The number of phenolic OH excluding ortho intramolecular Hbond substituents is 1. The largest absolute Gasteiger partial charge is 0.507 e. The number of hydrogen-bond donors (Lipinski definition) is 3. The van der Waals surface area contributed by atoms with Crippen LogP contribution in [0, 0.1) is 0 Å². The Labute approximate surface area is 155 Å². The van der Waals surface area contributed by atoms with Crippen molar-refractivity contribution in [1.29, 1.82) is 0 Å². The van der Waals surface area contributed by atoms with Crippen molar-refractivity contribution >= 4 is 62.8 Å². The summed E-state index contributed by atoms with van der Waals surface area (Å²) >= 11 is 15.0. The molecule has 24 heavy (non-hydrogen) atoms. The number of amides is 2. The Balaban J connectivity index is 1.99. The Bertz CT molecular complexity index is 828. The summed E-state index contributed by atoms with van der Waals surface area (Å²) in [7, 11) is 0. The van der Waals surface area contributed by atoms with E-state index in [1.165, 1.54) is 18.3 Å². The van der Waals surface area contributed by atoms with Crippen molar-refractivity contribution in [3.8, 4) is 5.75 Å². The predicted octanol–water partition coefficient (Wildman–Crippen LogP) is 3.55. The third-order valence-corrected chi connectivity index (χ3v) is 4.08. The molecular weight excluding hydrogens is 421 g/mol. The van der Waals surface area contributed by atoms with Gasteiger partial charge in [0.25, 0.3) is 0 Å². The Morgan fingerprint density at radius 3 is 2.67 bits per heavy atom. The van der Waals surface area contributed by atoms with Gasteiger partial charge in [-0.15, -0.1) is 0 Å². The molecule has 0 aromatic heterocycles. The molecule has 124 valence electrons. The summed E-state index contributed by atoms with van der Waals surface area (Å²) in [4.78, 5) is 23.5. The molecule has 0 bridgehead atoms. The van der Waals surface area contributed by atoms with Gasteiger partial charge in [-0.2, -0.15) is 5.10 Å². The molecule has 0 spiro atoms. The van der Waals surface area contributed by atoms with Gasteiger partial charge in [0.05, 0.1) is 21.9 Å². The third-order valence-electron chi connectivity index (χ3n) is 2.77. The van der Waals surface area contributed by atoms with E-state index in [-0.39, 0.29) is 21.5 Å². The second-order valence-corrected chi connectivity index (χ2v) is 6.16. The third kappa shape index (κ3) is 4.70. The first-order valence-electron chi connectivity index (χ1n) is 6.45. The number of nitrogens with zero attached hydrogens (tertiary/aromatic N) is 1. The molecule has 2 aromatic carbocycles. The van der Waals surface area contributed by atoms with Crippen LogP contribution in [0.4, 0.5) is 5.69 Å². The number of aromatic hydroxyl groups is 1. The molecule has 0 atom stereocenters. The zero-order valence-corrected chi connectivity index (χ0v) is 15.0.